The summed E-state index contributed by atoms with van der Waals surface area (Å²) in [6.07, 6.45) is 8.22. The van der Waals surface area contributed by atoms with Crippen molar-refractivity contribution >= 4 is 23.4 Å². The van der Waals surface area contributed by atoms with Gasteiger partial charge in [-0.25, -0.2) is 0 Å². The Hall–Kier alpha value is -2.37. The molecule has 1 aromatic rings. The van der Waals surface area contributed by atoms with E-state index in [4.69, 9.17) is 0 Å². The molecule has 0 atom stereocenters. The van der Waals surface area contributed by atoms with Gasteiger partial charge in [-0.05, 0) is 87.0 Å². The summed E-state index contributed by atoms with van der Waals surface area (Å²) in [7, 11) is 0. The Bertz CT molecular complexity index is 782. The van der Waals surface area contributed by atoms with Crippen LogP contribution in [0.3, 0.4) is 0 Å². The third-order valence-electron chi connectivity index (χ3n) is 7.32. The molecule has 4 bridgehead atoms. The van der Waals surface area contributed by atoms with Gasteiger partial charge in [0.1, 0.15) is 0 Å². The number of carbonyl (C=O) groups is 3. The van der Waals surface area contributed by atoms with Crippen LogP contribution in [0.15, 0.2) is 24.3 Å². The zero-order valence-corrected chi connectivity index (χ0v) is 16.1. The highest BCUT2D eigenvalue weighted by atomic mass is 16.2. The lowest BCUT2D eigenvalue weighted by molar-refractivity contribution is -0.147. The molecule has 3 amide bonds. The minimum atomic E-state index is -0.322. The van der Waals surface area contributed by atoms with Crippen molar-refractivity contribution in [1.82, 2.24) is 10.9 Å². The number of benzene rings is 1. The number of nitrogens with zero attached hydrogens (tertiary/aromatic N) is 1. The van der Waals surface area contributed by atoms with Crippen LogP contribution in [-0.2, 0) is 9.59 Å². The summed E-state index contributed by atoms with van der Waals surface area (Å²) in [5.74, 6) is 1.85. The summed E-state index contributed by atoms with van der Waals surface area (Å²) in [5, 5.41) is 0. The quantitative estimate of drug-likeness (QED) is 0.791. The number of hydrogen-bond donors (Lipinski definition) is 2. The number of rotatable bonds is 3. The molecule has 0 unspecified atom stereocenters. The van der Waals surface area contributed by atoms with E-state index >= 15 is 0 Å². The van der Waals surface area contributed by atoms with Gasteiger partial charge in [0.2, 0.25) is 11.8 Å². The number of hydrogen-bond acceptors (Lipinski definition) is 3. The van der Waals surface area contributed by atoms with Gasteiger partial charge in [-0.2, -0.15) is 0 Å². The van der Waals surface area contributed by atoms with E-state index in [1.165, 1.54) is 19.3 Å². The molecule has 4 aliphatic carbocycles. The highest BCUT2D eigenvalue weighted by Gasteiger charge is 2.54. The predicted molar refractivity (Wildman–Crippen MR) is 104 cm³/mol. The maximum atomic E-state index is 12.9. The zero-order valence-electron chi connectivity index (χ0n) is 16.1. The van der Waals surface area contributed by atoms with E-state index in [2.05, 4.69) is 10.9 Å². The second-order valence-corrected chi connectivity index (χ2v) is 9.30. The highest BCUT2D eigenvalue weighted by Crippen LogP contribution is 2.60. The lowest BCUT2D eigenvalue weighted by atomic mass is 9.49. The van der Waals surface area contributed by atoms with Crippen molar-refractivity contribution in [1.29, 1.82) is 0 Å². The third-order valence-corrected chi connectivity index (χ3v) is 7.32. The van der Waals surface area contributed by atoms with E-state index < -0.39 is 0 Å². The smallest absolute Gasteiger partial charge is 0.269 e. The largest absolute Gasteiger partial charge is 0.312 e. The first kappa shape index (κ1) is 17.7. The predicted octanol–water partition coefficient (Wildman–Crippen LogP) is 2.79. The topological polar surface area (TPSA) is 78.5 Å². The molecule has 0 aromatic heterocycles. The SMILES string of the molecule is O=C(NNC(=O)C12CC3CC(CC(C3)C1)C2)c1ccc(N2CCCC2=O)cc1. The average Bonchev–Trinajstić information content (AvgIpc) is 3.11. The summed E-state index contributed by atoms with van der Waals surface area (Å²) in [6, 6.07) is 6.98. The van der Waals surface area contributed by atoms with Gasteiger partial charge in [0.15, 0.2) is 0 Å². The van der Waals surface area contributed by atoms with Crippen molar-refractivity contribution in [2.45, 2.75) is 51.4 Å². The van der Waals surface area contributed by atoms with E-state index in [1.807, 2.05) is 0 Å². The molecule has 28 heavy (non-hydrogen) atoms. The van der Waals surface area contributed by atoms with Crippen LogP contribution in [0, 0.1) is 23.2 Å². The molecule has 2 N–H and O–H groups in total. The molecule has 5 fully saturated rings. The first-order valence-electron chi connectivity index (χ1n) is 10.5. The molecule has 148 valence electrons. The standard InChI is InChI=1S/C22H27N3O3/c26-19-2-1-7-25(19)18-5-3-17(4-6-18)20(27)23-24-21(28)22-11-14-8-15(12-22)10-16(9-14)13-22/h3-6,14-16H,1-2,7-13H2,(H,23,27)(H,24,28). The molecule has 6 rings (SSSR count). The normalized spacial score (nSPS) is 33.2. The summed E-state index contributed by atoms with van der Waals surface area (Å²) >= 11 is 0. The molecule has 0 spiro atoms. The maximum absolute atomic E-state index is 12.9. The van der Waals surface area contributed by atoms with Gasteiger partial charge >= 0.3 is 0 Å². The maximum Gasteiger partial charge on any atom is 0.269 e. The van der Waals surface area contributed by atoms with Crippen LogP contribution in [0.25, 0.3) is 0 Å². The van der Waals surface area contributed by atoms with E-state index in [0.29, 0.717) is 29.7 Å². The van der Waals surface area contributed by atoms with Crippen LogP contribution in [0.4, 0.5) is 5.69 Å². The Labute approximate surface area is 165 Å². The Morgan fingerprint density at radius 3 is 2.07 bits per heavy atom. The molecular formula is C22H27N3O3. The van der Waals surface area contributed by atoms with E-state index in [1.54, 1.807) is 29.2 Å². The van der Waals surface area contributed by atoms with Crippen molar-refractivity contribution in [3.05, 3.63) is 29.8 Å². The van der Waals surface area contributed by atoms with Crippen LogP contribution < -0.4 is 15.8 Å². The van der Waals surface area contributed by atoms with Gasteiger partial charge in [-0.15, -0.1) is 0 Å². The fourth-order valence-corrected chi connectivity index (χ4v) is 6.42. The van der Waals surface area contributed by atoms with Crippen molar-refractivity contribution in [2.24, 2.45) is 23.2 Å². The Balaban J connectivity index is 1.20. The molecule has 1 aliphatic heterocycles. The molecule has 5 aliphatic rings. The minimum absolute atomic E-state index is 0.0146. The summed E-state index contributed by atoms with van der Waals surface area (Å²) in [6.45, 7) is 0.728. The van der Waals surface area contributed by atoms with Crippen molar-refractivity contribution < 1.29 is 14.4 Å². The van der Waals surface area contributed by atoms with E-state index in [9.17, 15) is 14.4 Å². The molecule has 1 saturated heterocycles. The van der Waals surface area contributed by atoms with E-state index in [0.717, 1.165) is 37.9 Å². The molecule has 6 heteroatoms. The summed E-state index contributed by atoms with van der Waals surface area (Å²) in [4.78, 5) is 39.0. The molecular weight excluding hydrogens is 354 g/mol. The van der Waals surface area contributed by atoms with Crippen LogP contribution in [0.1, 0.15) is 61.7 Å². The van der Waals surface area contributed by atoms with Crippen molar-refractivity contribution in [2.75, 3.05) is 11.4 Å². The molecule has 1 aromatic carbocycles. The van der Waals surface area contributed by atoms with Crippen LogP contribution in [0.5, 0.6) is 0 Å². The van der Waals surface area contributed by atoms with Crippen molar-refractivity contribution in [3.8, 4) is 0 Å². The second-order valence-electron chi connectivity index (χ2n) is 9.30. The molecule has 0 radical (unpaired) electrons. The van der Waals surface area contributed by atoms with Gasteiger partial charge in [-0.1, -0.05) is 0 Å². The number of hydrazine groups is 1. The summed E-state index contributed by atoms with van der Waals surface area (Å²) in [5.41, 5.74) is 6.33. The summed E-state index contributed by atoms with van der Waals surface area (Å²) < 4.78 is 0. The Morgan fingerprint density at radius 1 is 0.929 bits per heavy atom. The first-order valence-corrected chi connectivity index (χ1v) is 10.5. The number of carbonyl (C=O) groups excluding carboxylic acids is 3. The highest BCUT2D eigenvalue weighted by molar-refractivity contribution is 5.98. The fraction of sp³-hybridized carbons (Fsp3) is 0.591. The Morgan fingerprint density at radius 2 is 1.54 bits per heavy atom. The van der Waals surface area contributed by atoms with Crippen molar-refractivity contribution in [3.63, 3.8) is 0 Å². The van der Waals surface area contributed by atoms with E-state index in [-0.39, 0.29) is 23.1 Å². The van der Waals surface area contributed by atoms with Gasteiger partial charge in [-0.3, -0.25) is 25.2 Å². The molecule has 4 saturated carbocycles. The van der Waals surface area contributed by atoms with Crippen LogP contribution >= 0.6 is 0 Å². The monoisotopic (exact) mass is 381 g/mol. The second kappa shape index (κ2) is 6.61. The van der Waals surface area contributed by atoms with Gasteiger partial charge < -0.3 is 4.90 Å². The lowest BCUT2D eigenvalue weighted by Gasteiger charge is -2.55. The van der Waals surface area contributed by atoms with Gasteiger partial charge in [0.25, 0.3) is 5.91 Å². The lowest BCUT2D eigenvalue weighted by Crippen LogP contribution is -2.56. The number of anilines is 1. The fourth-order valence-electron chi connectivity index (χ4n) is 6.42. The average molecular weight is 381 g/mol. The minimum Gasteiger partial charge on any atom is -0.312 e. The molecule has 6 nitrogen and oxygen atoms in total. The van der Waals surface area contributed by atoms with Gasteiger partial charge in [0, 0.05) is 24.2 Å². The number of amides is 3. The van der Waals surface area contributed by atoms with Crippen LogP contribution in [-0.4, -0.2) is 24.3 Å². The molecule has 1 heterocycles. The van der Waals surface area contributed by atoms with Crippen LogP contribution in [0.2, 0.25) is 0 Å². The zero-order chi connectivity index (χ0) is 19.3. The Kier molecular flexibility index (Phi) is 4.18. The first-order chi connectivity index (χ1) is 13.5. The third kappa shape index (κ3) is 2.99. The number of nitrogens with one attached hydrogen (secondary N) is 2. The van der Waals surface area contributed by atoms with Gasteiger partial charge in [0.05, 0.1) is 5.41 Å².